The first kappa shape index (κ1) is 17.5. The highest BCUT2D eigenvalue weighted by molar-refractivity contribution is 5.67. The highest BCUT2D eigenvalue weighted by atomic mass is 16.5. The molecule has 0 amide bonds. The van der Waals surface area contributed by atoms with Crippen LogP contribution in [0.15, 0.2) is 79.0 Å². The number of hydrogen-bond acceptors (Lipinski definition) is 2. The molecule has 136 valence electrons. The second-order valence-corrected chi connectivity index (χ2v) is 7.21. The van der Waals surface area contributed by atoms with Crippen LogP contribution in [-0.2, 0) is 6.42 Å². The van der Waals surface area contributed by atoms with Gasteiger partial charge in [-0.05, 0) is 78.1 Å². The Kier molecular flexibility index (Phi) is 5.34. The molecule has 0 spiro atoms. The quantitative estimate of drug-likeness (QED) is 0.545. The van der Waals surface area contributed by atoms with Gasteiger partial charge < -0.3 is 4.74 Å². The van der Waals surface area contributed by atoms with Crippen LogP contribution in [0.3, 0.4) is 0 Å². The Morgan fingerprint density at radius 3 is 2.52 bits per heavy atom. The molecular formula is C25H25NO. The zero-order valence-electron chi connectivity index (χ0n) is 15.8. The molecule has 1 aliphatic carbocycles. The van der Waals surface area contributed by atoms with Gasteiger partial charge >= 0.3 is 0 Å². The number of hydrogen-bond donors (Lipinski definition) is 0. The lowest BCUT2D eigenvalue weighted by Gasteiger charge is -2.23. The first-order valence-electron chi connectivity index (χ1n) is 9.65. The Morgan fingerprint density at radius 2 is 1.74 bits per heavy atom. The van der Waals surface area contributed by atoms with E-state index in [1.54, 1.807) is 7.11 Å². The van der Waals surface area contributed by atoms with Crippen LogP contribution in [0.5, 0.6) is 5.75 Å². The van der Waals surface area contributed by atoms with Crippen LogP contribution in [0.1, 0.15) is 30.5 Å². The zero-order valence-corrected chi connectivity index (χ0v) is 15.8. The van der Waals surface area contributed by atoms with Gasteiger partial charge in [0.25, 0.3) is 0 Å². The summed E-state index contributed by atoms with van der Waals surface area (Å²) in [6.45, 7) is 0. The van der Waals surface area contributed by atoms with E-state index >= 15 is 0 Å². The third-order valence-electron chi connectivity index (χ3n) is 5.36. The summed E-state index contributed by atoms with van der Waals surface area (Å²) in [4.78, 5) is 4.64. The van der Waals surface area contributed by atoms with E-state index in [4.69, 9.17) is 4.74 Å². The zero-order chi connectivity index (χ0) is 18.5. The molecule has 1 aromatic heterocycles. The summed E-state index contributed by atoms with van der Waals surface area (Å²) in [5.41, 5.74) is 6.46. The Labute approximate surface area is 161 Å². The smallest absolute Gasteiger partial charge is 0.118 e. The molecule has 0 N–H and O–H groups in total. The summed E-state index contributed by atoms with van der Waals surface area (Å²) in [6.07, 6.45) is 8.87. The van der Waals surface area contributed by atoms with E-state index in [0.717, 1.165) is 25.0 Å². The SMILES string of the molecule is COc1ccc(C2=CCCC(Cc3cc(-c4ccccc4)ccn3)C2)cc1. The summed E-state index contributed by atoms with van der Waals surface area (Å²) in [5.74, 6) is 1.55. The van der Waals surface area contributed by atoms with Crippen molar-refractivity contribution in [3.63, 3.8) is 0 Å². The third-order valence-corrected chi connectivity index (χ3v) is 5.36. The van der Waals surface area contributed by atoms with Crippen molar-refractivity contribution in [1.82, 2.24) is 4.98 Å². The molecule has 0 bridgehead atoms. The van der Waals surface area contributed by atoms with E-state index in [1.165, 1.54) is 34.4 Å². The lowest BCUT2D eigenvalue weighted by molar-refractivity contribution is 0.414. The van der Waals surface area contributed by atoms with Crippen molar-refractivity contribution in [2.75, 3.05) is 7.11 Å². The number of aromatic nitrogens is 1. The topological polar surface area (TPSA) is 22.1 Å². The number of rotatable bonds is 5. The number of nitrogens with zero attached hydrogens (tertiary/aromatic N) is 1. The van der Waals surface area contributed by atoms with Crippen molar-refractivity contribution < 1.29 is 4.74 Å². The monoisotopic (exact) mass is 355 g/mol. The van der Waals surface area contributed by atoms with Gasteiger partial charge in [-0.3, -0.25) is 4.98 Å². The molecule has 1 heterocycles. The first-order chi connectivity index (χ1) is 13.3. The standard InChI is InChI=1S/C25H25NO/c1-27-25-12-10-21(11-13-25)22-9-5-6-19(16-22)17-24-18-23(14-15-26-24)20-7-3-2-4-8-20/h2-4,7-15,18-19H,5-6,16-17H2,1H3. The van der Waals surface area contributed by atoms with Gasteiger partial charge in [-0.2, -0.15) is 0 Å². The highest BCUT2D eigenvalue weighted by Crippen LogP contribution is 2.33. The minimum Gasteiger partial charge on any atom is -0.497 e. The summed E-state index contributed by atoms with van der Waals surface area (Å²) in [7, 11) is 1.71. The van der Waals surface area contributed by atoms with Gasteiger partial charge in [0.15, 0.2) is 0 Å². The van der Waals surface area contributed by atoms with Gasteiger partial charge in [0.1, 0.15) is 5.75 Å². The summed E-state index contributed by atoms with van der Waals surface area (Å²) in [6, 6.07) is 23.3. The molecule has 1 aliphatic rings. The van der Waals surface area contributed by atoms with E-state index in [9.17, 15) is 0 Å². The molecule has 0 saturated carbocycles. The maximum atomic E-state index is 5.28. The lowest BCUT2D eigenvalue weighted by Crippen LogP contribution is -2.10. The molecule has 0 fully saturated rings. The van der Waals surface area contributed by atoms with Gasteiger partial charge in [0, 0.05) is 11.9 Å². The molecule has 0 saturated heterocycles. The van der Waals surface area contributed by atoms with Crippen LogP contribution < -0.4 is 4.74 Å². The molecule has 4 rings (SSSR count). The van der Waals surface area contributed by atoms with E-state index in [0.29, 0.717) is 5.92 Å². The van der Waals surface area contributed by atoms with Crippen LogP contribution in [0.4, 0.5) is 0 Å². The number of allylic oxidation sites excluding steroid dienone is 2. The van der Waals surface area contributed by atoms with Gasteiger partial charge in [0.2, 0.25) is 0 Å². The number of methoxy groups -OCH3 is 1. The maximum absolute atomic E-state index is 5.28. The van der Waals surface area contributed by atoms with Crippen molar-refractivity contribution >= 4 is 5.57 Å². The second kappa shape index (κ2) is 8.22. The van der Waals surface area contributed by atoms with Crippen LogP contribution in [0.2, 0.25) is 0 Å². The summed E-state index contributed by atoms with van der Waals surface area (Å²) in [5, 5.41) is 0. The van der Waals surface area contributed by atoms with Gasteiger partial charge in [-0.25, -0.2) is 0 Å². The van der Waals surface area contributed by atoms with Crippen molar-refractivity contribution in [3.8, 4) is 16.9 Å². The van der Waals surface area contributed by atoms with Gasteiger partial charge in [-0.1, -0.05) is 48.5 Å². The predicted molar refractivity (Wildman–Crippen MR) is 112 cm³/mol. The number of benzene rings is 2. The van der Waals surface area contributed by atoms with Crippen LogP contribution in [0, 0.1) is 5.92 Å². The summed E-state index contributed by atoms with van der Waals surface area (Å²) >= 11 is 0. The maximum Gasteiger partial charge on any atom is 0.118 e. The fraction of sp³-hybridized carbons (Fsp3) is 0.240. The normalized spacial score (nSPS) is 16.6. The average molecular weight is 355 g/mol. The lowest BCUT2D eigenvalue weighted by atomic mass is 9.83. The molecule has 1 atom stereocenters. The molecular weight excluding hydrogens is 330 g/mol. The molecule has 27 heavy (non-hydrogen) atoms. The molecule has 0 aliphatic heterocycles. The Balaban J connectivity index is 1.46. The Bertz CT molecular complexity index is 913. The Morgan fingerprint density at radius 1 is 0.926 bits per heavy atom. The minimum absolute atomic E-state index is 0.644. The first-order valence-corrected chi connectivity index (χ1v) is 9.65. The number of pyridine rings is 1. The van der Waals surface area contributed by atoms with Crippen molar-refractivity contribution in [1.29, 1.82) is 0 Å². The fourth-order valence-electron chi connectivity index (χ4n) is 3.90. The molecule has 2 aromatic carbocycles. The van der Waals surface area contributed by atoms with Gasteiger partial charge in [-0.15, -0.1) is 0 Å². The minimum atomic E-state index is 0.644. The van der Waals surface area contributed by atoms with Crippen molar-refractivity contribution in [2.45, 2.75) is 25.7 Å². The number of ether oxygens (including phenoxy) is 1. The molecule has 0 radical (unpaired) electrons. The van der Waals surface area contributed by atoms with E-state index < -0.39 is 0 Å². The van der Waals surface area contributed by atoms with E-state index in [2.05, 4.69) is 65.7 Å². The highest BCUT2D eigenvalue weighted by Gasteiger charge is 2.18. The van der Waals surface area contributed by atoms with E-state index in [-0.39, 0.29) is 0 Å². The van der Waals surface area contributed by atoms with Crippen LogP contribution in [0.25, 0.3) is 16.7 Å². The van der Waals surface area contributed by atoms with Crippen molar-refractivity contribution in [3.05, 3.63) is 90.3 Å². The predicted octanol–water partition coefficient (Wildman–Crippen LogP) is 6.18. The summed E-state index contributed by atoms with van der Waals surface area (Å²) < 4.78 is 5.28. The average Bonchev–Trinajstić information content (AvgIpc) is 2.75. The third kappa shape index (κ3) is 4.28. The second-order valence-electron chi connectivity index (χ2n) is 7.21. The van der Waals surface area contributed by atoms with E-state index in [1.807, 2.05) is 18.3 Å². The molecule has 3 aromatic rings. The largest absolute Gasteiger partial charge is 0.497 e. The Hall–Kier alpha value is -2.87. The molecule has 2 nitrogen and oxygen atoms in total. The van der Waals surface area contributed by atoms with Crippen molar-refractivity contribution in [2.24, 2.45) is 5.92 Å². The molecule has 1 unspecified atom stereocenters. The molecule has 2 heteroatoms. The van der Waals surface area contributed by atoms with Crippen LogP contribution in [-0.4, -0.2) is 12.1 Å². The van der Waals surface area contributed by atoms with Crippen LogP contribution >= 0.6 is 0 Å². The fourth-order valence-corrected chi connectivity index (χ4v) is 3.90. The van der Waals surface area contributed by atoms with Gasteiger partial charge in [0.05, 0.1) is 7.11 Å².